The molecule has 0 radical (unpaired) electrons. The van der Waals surface area contributed by atoms with E-state index in [0.29, 0.717) is 21.6 Å². The molecule has 0 unspecified atom stereocenters. The maximum absolute atomic E-state index is 14.0. The van der Waals surface area contributed by atoms with E-state index in [1.54, 1.807) is 0 Å². The molecule has 0 saturated heterocycles. The van der Waals surface area contributed by atoms with Crippen molar-refractivity contribution in [2.75, 3.05) is 10.7 Å². The van der Waals surface area contributed by atoms with Crippen molar-refractivity contribution >= 4 is 47.8 Å². The lowest BCUT2D eigenvalue weighted by atomic mass is 9.81. The minimum Gasteiger partial charge on any atom is -0.207 e. The molecule has 1 aromatic carbocycles. The highest BCUT2D eigenvalue weighted by atomic mass is 79.9. The topological polar surface area (TPSA) is 0 Å². The van der Waals surface area contributed by atoms with Gasteiger partial charge in [0, 0.05) is 16.2 Å². The van der Waals surface area contributed by atoms with E-state index in [9.17, 15) is 8.78 Å². The van der Waals surface area contributed by atoms with Gasteiger partial charge in [-0.05, 0) is 46.3 Å². The highest BCUT2D eigenvalue weighted by molar-refractivity contribution is 9.10. The molecule has 0 bridgehead atoms. The summed E-state index contributed by atoms with van der Waals surface area (Å²) in [5, 5.41) is 1.43. The molecule has 0 spiro atoms. The Hall–Kier alpha value is 0.520. The van der Waals surface area contributed by atoms with Gasteiger partial charge in [-0.3, -0.25) is 0 Å². The molecule has 0 atom stereocenters. The van der Waals surface area contributed by atoms with Crippen molar-refractivity contribution in [2.45, 2.75) is 26.2 Å². The van der Waals surface area contributed by atoms with E-state index in [1.165, 1.54) is 12.1 Å². The predicted octanol–water partition coefficient (Wildman–Crippen LogP) is 5.85. The summed E-state index contributed by atoms with van der Waals surface area (Å²) in [5.41, 5.74) is 0.00810. The minimum absolute atomic E-state index is 0.156. The van der Waals surface area contributed by atoms with Crippen molar-refractivity contribution in [3.05, 3.63) is 33.8 Å². The molecule has 0 nitrogen and oxygen atoms in total. The van der Waals surface area contributed by atoms with E-state index in [2.05, 4.69) is 54.7 Å². The van der Waals surface area contributed by atoms with Crippen molar-refractivity contribution in [3.63, 3.8) is 0 Å². The molecule has 1 aromatic rings. The zero-order valence-corrected chi connectivity index (χ0v) is 14.8. The van der Waals surface area contributed by atoms with Crippen LogP contribution >= 0.6 is 47.8 Å². The van der Waals surface area contributed by atoms with Crippen LogP contribution in [0.3, 0.4) is 0 Å². The fourth-order valence-corrected chi connectivity index (χ4v) is 4.25. The number of rotatable bonds is 6. The molecule has 5 heteroatoms. The first-order chi connectivity index (χ1) is 8.49. The van der Waals surface area contributed by atoms with Crippen LogP contribution in [0.15, 0.2) is 16.6 Å². The highest BCUT2D eigenvalue weighted by Crippen LogP contribution is 2.35. The quantitative estimate of drug-likeness (QED) is 0.378. The van der Waals surface area contributed by atoms with E-state index in [0.717, 1.165) is 12.8 Å². The van der Waals surface area contributed by atoms with Gasteiger partial charge in [0.1, 0.15) is 11.6 Å². The molecule has 0 N–H and O–H groups in total. The monoisotopic (exact) mass is 446 g/mol. The van der Waals surface area contributed by atoms with Crippen molar-refractivity contribution in [2.24, 2.45) is 5.41 Å². The third-order valence-electron chi connectivity index (χ3n) is 3.04. The molecule has 0 saturated carbocycles. The summed E-state index contributed by atoms with van der Waals surface area (Å²) in [6.45, 7) is 2.08. The number of hydrogen-bond acceptors (Lipinski definition) is 0. The van der Waals surface area contributed by atoms with Crippen LogP contribution in [0.25, 0.3) is 0 Å². The fraction of sp³-hybridized carbons (Fsp3) is 0.538. The fourth-order valence-electron chi connectivity index (χ4n) is 1.99. The molecule has 0 heterocycles. The van der Waals surface area contributed by atoms with E-state index in [1.807, 2.05) is 0 Å². The van der Waals surface area contributed by atoms with Gasteiger partial charge < -0.3 is 0 Å². The van der Waals surface area contributed by atoms with Gasteiger partial charge in [0.05, 0.1) is 4.47 Å². The molecule has 102 valence electrons. The Kier molecular flexibility index (Phi) is 6.76. The zero-order valence-electron chi connectivity index (χ0n) is 10.1. The molecule has 18 heavy (non-hydrogen) atoms. The highest BCUT2D eigenvalue weighted by Gasteiger charge is 2.30. The van der Waals surface area contributed by atoms with Crippen molar-refractivity contribution in [1.29, 1.82) is 0 Å². The Morgan fingerprint density at radius 3 is 2.28 bits per heavy atom. The first-order valence-corrected chi connectivity index (χ1v) is 8.77. The summed E-state index contributed by atoms with van der Waals surface area (Å²) in [5.74, 6) is -0.963. The second-order valence-electron chi connectivity index (χ2n) is 4.52. The molecule has 0 amide bonds. The third kappa shape index (κ3) is 3.76. The maximum Gasteiger partial charge on any atom is 0.143 e. The summed E-state index contributed by atoms with van der Waals surface area (Å²) in [4.78, 5) is 0. The van der Waals surface area contributed by atoms with E-state index in [-0.39, 0.29) is 11.0 Å². The van der Waals surface area contributed by atoms with Gasteiger partial charge in [-0.15, -0.1) is 0 Å². The van der Waals surface area contributed by atoms with Gasteiger partial charge in [0.15, 0.2) is 0 Å². The number of halogens is 5. The summed E-state index contributed by atoms with van der Waals surface area (Å²) in [7, 11) is 0. The molecular weight excluding hydrogens is 434 g/mol. The van der Waals surface area contributed by atoms with E-state index < -0.39 is 11.6 Å². The lowest BCUT2D eigenvalue weighted by Gasteiger charge is -2.30. The summed E-state index contributed by atoms with van der Waals surface area (Å²) in [6, 6.07) is 2.71. The van der Waals surface area contributed by atoms with Crippen LogP contribution in [0.1, 0.15) is 25.3 Å². The zero-order chi connectivity index (χ0) is 13.8. The van der Waals surface area contributed by atoms with Crippen LogP contribution in [-0.2, 0) is 6.42 Å². The van der Waals surface area contributed by atoms with Gasteiger partial charge in [0.25, 0.3) is 0 Å². The largest absolute Gasteiger partial charge is 0.207 e. The average Bonchev–Trinajstić information content (AvgIpc) is 2.38. The van der Waals surface area contributed by atoms with Crippen LogP contribution in [0.4, 0.5) is 8.78 Å². The lowest BCUT2D eigenvalue weighted by Crippen LogP contribution is -2.28. The predicted molar refractivity (Wildman–Crippen MR) is 82.7 cm³/mol. The Morgan fingerprint density at radius 1 is 1.17 bits per heavy atom. The normalized spacial score (nSPS) is 11.9. The third-order valence-corrected chi connectivity index (χ3v) is 6.03. The second-order valence-corrected chi connectivity index (χ2v) is 6.49. The second kappa shape index (κ2) is 7.34. The number of benzene rings is 1. The molecule has 0 aliphatic heterocycles. The average molecular weight is 449 g/mol. The molecule has 0 fully saturated rings. The van der Waals surface area contributed by atoms with Crippen LogP contribution in [0.5, 0.6) is 0 Å². The summed E-state index contributed by atoms with van der Waals surface area (Å²) in [6.07, 6.45) is 2.28. The maximum atomic E-state index is 14.0. The standard InChI is InChI=1S/C13H15Br3F2/c1-2-5-13(7-14,8-15)6-9-11(17)4-3-10(16)12(9)18/h3-4H,2,5-8H2,1H3. The van der Waals surface area contributed by atoms with Crippen molar-refractivity contribution in [1.82, 2.24) is 0 Å². The van der Waals surface area contributed by atoms with Crippen molar-refractivity contribution < 1.29 is 8.78 Å². The number of hydrogen-bond donors (Lipinski definition) is 0. The smallest absolute Gasteiger partial charge is 0.143 e. The first kappa shape index (κ1) is 16.6. The van der Waals surface area contributed by atoms with E-state index >= 15 is 0 Å². The Morgan fingerprint density at radius 2 is 1.78 bits per heavy atom. The number of alkyl halides is 2. The van der Waals surface area contributed by atoms with Crippen LogP contribution in [0.2, 0.25) is 0 Å². The lowest BCUT2D eigenvalue weighted by molar-refractivity contribution is 0.339. The van der Waals surface area contributed by atoms with Gasteiger partial charge >= 0.3 is 0 Å². The molecule has 0 aliphatic carbocycles. The van der Waals surface area contributed by atoms with Crippen LogP contribution in [-0.4, -0.2) is 10.7 Å². The molecular formula is C13H15Br3F2. The van der Waals surface area contributed by atoms with Gasteiger partial charge in [-0.2, -0.15) is 0 Å². The Balaban J connectivity index is 3.11. The molecule has 0 aliphatic rings. The van der Waals surface area contributed by atoms with Crippen LogP contribution < -0.4 is 0 Å². The van der Waals surface area contributed by atoms with Gasteiger partial charge in [-0.1, -0.05) is 45.2 Å². The SMILES string of the molecule is CCCC(CBr)(CBr)Cc1c(F)ccc(Br)c1F. The van der Waals surface area contributed by atoms with Gasteiger partial charge in [-0.25, -0.2) is 8.78 Å². The van der Waals surface area contributed by atoms with Gasteiger partial charge in [0.2, 0.25) is 0 Å². The molecule has 1 rings (SSSR count). The van der Waals surface area contributed by atoms with E-state index in [4.69, 9.17) is 0 Å². The summed E-state index contributed by atoms with van der Waals surface area (Å²) >= 11 is 10.1. The minimum atomic E-state index is -0.489. The summed E-state index contributed by atoms with van der Waals surface area (Å²) < 4.78 is 28.1. The van der Waals surface area contributed by atoms with Crippen molar-refractivity contribution in [3.8, 4) is 0 Å². The van der Waals surface area contributed by atoms with Crippen LogP contribution in [0, 0.1) is 17.0 Å². The molecule has 0 aromatic heterocycles. The Bertz CT molecular complexity index is 403. The Labute approximate surface area is 132 Å². The first-order valence-electron chi connectivity index (χ1n) is 5.74.